The average Bonchev–Trinajstić information content (AvgIpc) is 2.17. The molecule has 0 amide bonds. The van der Waals surface area contributed by atoms with Crippen molar-refractivity contribution in [2.45, 2.75) is 25.7 Å². The Labute approximate surface area is 88.7 Å². The molecule has 15 heavy (non-hydrogen) atoms. The molecule has 0 fully saturated rings. The Bertz CT molecular complexity index is 308. The van der Waals surface area contributed by atoms with E-state index in [4.69, 9.17) is 0 Å². The standard InChI is InChI=1S/C11H16F2N2/c1-11(12,13)10-7-3-5-9(15-10)6-4-8-14-2/h3,5,7,14H,4,6,8H2,1-2H3. The third kappa shape index (κ3) is 3.91. The Morgan fingerprint density at radius 3 is 2.73 bits per heavy atom. The molecule has 0 saturated carbocycles. The number of aromatic nitrogens is 1. The van der Waals surface area contributed by atoms with E-state index in [-0.39, 0.29) is 5.69 Å². The summed E-state index contributed by atoms with van der Waals surface area (Å²) in [6.45, 7) is 1.74. The van der Waals surface area contributed by atoms with Crippen LogP contribution in [0.4, 0.5) is 8.78 Å². The Kier molecular flexibility index (Phi) is 4.15. The van der Waals surface area contributed by atoms with E-state index in [0.29, 0.717) is 0 Å². The van der Waals surface area contributed by atoms with E-state index in [1.807, 2.05) is 7.05 Å². The molecule has 1 aromatic heterocycles. The molecule has 0 radical (unpaired) electrons. The largest absolute Gasteiger partial charge is 0.320 e. The lowest BCUT2D eigenvalue weighted by atomic mass is 10.1. The lowest BCUT2D eigenvalue weighted by molar-refractivity contribution is 0.0125. The number of rotatable bonds is 5. The first-order valence-electron chi connectivity index (χ1n) is 5.03. The lowest BCUT2D eigenvalue weighted by Gasteiger charge is -2.10. The molecule has 0 saturated heterocycles. The zero-order chi connectivity index (χ0) is 11.3. The Balaban J connectivity index is 2.66. The molecule has 1 heterocycles. The van der Waals surface area contributed by atoms with E-state index in [1.54, 1.807) is 12.1 Å². The number of aryl methyl sites for hydroxylation is 1. The van der Waals surface area contributed by atoms with Gasteiger partial charge >= 0.3 is 0 Å². The fourth-order valence-electron chi connectivity index (χ4n) is 1.31. The molecular formula is C11H16F2N2. The molecule has 4 heteroatoms. The van der Waals surface area contributed by atoms with Crippen molar-refractivity contribution < 1.29 is 8.78 Å². The summed E-state index contributed by atoms with van der Waals surface area (Å²) in [6.07, 6.45) is 1.63. The average molecular weight is 214 g/mol. The van der Waals surface area contributed by atoms with Gasteiger partial charge in [0.2, 0.25) is 0 Å². The van der Waals surface area contributed by atoms with Crippen molar-refractivity contribution in [3.8, 4) is 0 Å². The van der Waals surface area contributed by atoms with Crippen LogP contribution in [-0.2, 0) is 12.3 Å². The number of hydrogen-bond donors (Lipinski definition) is 1. The minimum Gasteiger partial charge on any atom is -0.320 e. The van der Waals surface area contributed by atoms with Gasteiger partial charge in [-0.3, -0.25) is 4.98 Å². The molecule has 0 aliphatic carbocycles. The van der Waals surface area contributed by atoms with E-state index in [1.165, 1.54) is 6.07 Å². The summed E-state index contributed by atoms with van der Waals surface area (Å²) in [4.78, 5) is 3.94. The van der Waals surface area contributed by atoms with Gasteiger partial charge in [0.15, 0.2) is 0 Å². The van der Waals surface area contributed by atoms with E-state index in [2.05, 4.69) is 10.3 Å². The molecular weight excluding hydrogens is 198 g/mol. The summed E-state index contributed by atoms with van der Waals surface area (Å²) in [5.74, 6) is -2.85. The van der Waals surface area contributed by atoms with E-state index in [0.717, 1.165) is 32.0 Å². The van der Waals surface area contributed by atoms with Crippen molar-refractivity contribution >= 4 is 0 Å². The quantitative estimate of drug-likeness (QED) is 0.761. The molecule has 0 aliphatic rings. The molecule has 0 aromatic carbocycles. The van der Waals surface area contributed by atoms with Gasteiger partial charge in [0.05, 0.1) is 0 Å². The second kappa shape index (κ2) is 5.16. The summed E-state index contributed by atoms with van der Waals surface area (Å²) in [7, 11) is 1.87. The maximum atomic E-state index is 12.9. The number of hydrogen-bond acceptors (Lipinski definition) is 2. The van der Waals surface area contributed by atoms with E-state index >= 15 is 0 Å². The highest BCUT2D eigenvalue weighted by atomic mass is 19.3. The van der Waals surface area contributed by atoms with Crippen LogP contribution in [0.25, 0.3) is 0 Å². The van der Waals surface area contributed by atoms with Crippen LogP contribution < -0.4 is 5.32 Å². The molecule has 1 N–H and O–H groups in total. The second-order valence-corrected chi connectivity index (χ2v) is 3.61. The predicted molar refractivity (Wildman–Crippen MR) is 56.1 cm³/mol. The third-order valence-corrected chi connectivity index (χ3v) is 2.12. The van der Waals surface area contributed by atoms with Crippen molar-refractivity contribution in [1.29, 1.82) is 0 Å². The maximum Gasteiger partial charge on any atom is 0.286 e. The monoisotopic (exact) mass is 214 g/mol. The van der Waals surface area contributed by atoms with Gasteiger partial charge in [-0.05, 0) is 38.6 Å². The summed E-state index contributed by atoms with van der Waals surface area (Å²) in [5.41, 5.74) is 0.578. The molecule has 1 rings (SSSR count). The van der Waals surface area contributed by atoms with Crippen molar-refractivity contribution in [1.82, 2.24) is 10.3 Å². The molecule has 0 aliphatic heterocycles. The highest BCUT2D eigenvalue weighted by Crippen LogP contribution is 2.24. The van der Waals surface area contributed by atoms with E-state index < -0.39 is 5.92 Å². The van der Waals surface area contributed by atoms with Crippen LogP contribution in [0, 0.1) is 0 Å². The molecule has 1 aromatic rings. The molecule has 0 atom stereocenters. The van der Waals surface area contributed by atoms with Gasteiger partial charge in [-0.25, -0.2) is 0 Å². The van der Waals surface area contributed by atoms with Crippen LogP contribution in [0.15, 0.2) is 18.2 Å². The number of halogens is 2. The van der Waals surface area contributed by atoms with Gasteiger partial charge in [0.25, 0.3) is 5.92 Å². The first-order valence-corrected chi connectivity index (χ1v) is 5.03. The minimum atomic E-state index is -2.85. The first kappa shape index (κ1) is 12.0. The molecule has 84 valence electrons. The molecule has 0 spiro atoms. The molecule has 0 unspecified atom stereocenters. The summed E-state index contributed by atoms with van der Waals surface area (Å²) in [5, 5.41) is 3.01. The van der Waals surface area contributed by atoms with E-state index in [9.17, 15) is 8.78 Å². The second-order valence-electron chi connectivity index (χ2n) is 3.61. The number of pyridine rings is 1. The maximum absolute atomic E-state index is 12.9. The number of nitrogens with zero attached hydrogens (tertiary/aromatic N) is 1. The summed E-state index contributed by atoms with van der Waals surface area (Å²) >= 11 is 0. The number of nitrogens with one attached hydrogen (secondary N) is 1. The molecule has 2 nitrogen and oxygen atoms in total. The fourth-order valence-corrected chi connectivity index (χ4v) is 1.31. The topological polar surface area (TPSA) is 24.9 Å². The van der Waals surface area contributed by atoms with Gasteiger partial charge < -0.3 is 5.32 Å². The van der Waals surface area contributed by atoms with Crippen molar-refractivity contribution in [2.24, 2.45) is 0 Å². The van der Waals surface area contributed by atoms with Gasteiger partial charge in [-0.2, -0.15) is 8.78 Å². The smallest absolute Gasteiger partial charge is 0.286 e. The van der Waals surface area contributed by atoms with Crippen LogP contribution in [0.2, 0.25) is 0 Å². The van der Waals surface area contributed by atoms with Crippen molar-refractivity contribution in [3.63, 3.8) is 0 Å². The van der Waals surface area contributed by atoms with Crippen LogP contribution in [0.5, 0.6) is 0 Å². The van der Waals surface area contributed by atoms with Crippen molar-refractivity contribution in [2.75, 3.05) is 13.6 Å². The predicted octanol–water partition coefficient (Wildman–Crippen LogP) is 2.35. The SMILES string of the molecule is CNCCCc1cccc(C(C)(F)F)n1. The Hall–Kier alpha value is -1.03. The van der Waals surface area contributed by atoms with Crippen LogP contribution in [-0.4, -0.2) is 18.6 Å². The lowest BCUT2D eigenvalue weighted by Crippen LogP contribution is -2.12. The highest BCUT2D eigenvalue weighted by Gasteiger charge is 2.25. The van der Waals surface area contributed by atoms with Crippen LogP contribution in [0.3, 0.4) is 0 Å². The summed E-state index contributed by atoms with van der Waals surface area (Å²) in [6, 6.07) is 4.78. The Morgan fingerprint density at radius 2 is 2.13 bits per heavy atom. The normalized spacial score (nSPS) is 11.7. The Morgan fingerprint density at radius 1 is 1.40 bits per heavy atom. The fraction of sp³-hybridized carbons (Fsp3) is 0.545. The minimum absolute atomic E-state index is 0.149. The zero-order valence-corrected chi connectivity index (χ0v) is 9.06. The first-order chi connectivity index (χ1) is 7.04. The van der Waals surface area contributed by atoms with Crippen LogP contribution in [0.1, 0.15) is 24.7 Å². The van der Waals surface area contributed by atoms with Gasteiger partial charge in [0.1, 0.15) is 5.69 Å². The summed E-state index contributed by atoms with van der Waals surface area (Å²) < 4.78 is 25.9. The van der Waals surface area contributed by atoms with Gasteiger partial charge in [-0.15, -0.1) is 0 Å². The van der Waals surface area contributed by atoms with Crippen molar-refractivity contribution in [3.05, 3.63) is 29.6 Å². The van der Waals surface area contributed by atoms with Crippen LogP contribution >= 0.6 is 0 Å². The third-order valence-electron chi connectivity index (χ3n) is 2.12. The molecule has 0 bridgehead atoms. The van der Waals surface area contributed by atoms with Gasteiger partial charge in [-0.1, -0.05) is 6.07 Å². The highest BCUT2D eigenvalue weighted by molar-refractivity contribution is 5.14. The zero-order valence-electron chi connectivity index (χ0n) is 9.06. The number of alkyl halides is 2. The van der Waals surface area contributed by atoms with Gasteiger partial charge in [0, 0.05) is 12.6 Å².